The molecule has 0 atom stereocenters. The number of halogens is 3. The Morgan fingerprint density at radius 3 is 2.63 bits per heavy atom. The molecule has 0 amide bonds. The molecular weight excluding hydrogens is 259 g/mol. The fourth-order valence-corrected chi connectivity index (χ4v) is 1.62. The predicted octanol–water partition coefficient (Wildman–Crippen LogP) is 2.23. The Morgan fingerprint density at radius 2 is 1.84 bits per heavy atom. The summed E-state index contributed by atoms with van der Waals surface area (Å²) in [5, 5.41) is 7.60. The van der Waals surface area contributed by atoms with Gasteiger partial charge in [-0.2, -0.15) is 17.9 Å². The topological polar surface area (TPSA) is 56.5 Å². The Morgan fingerprint density at radius 1 is 1.05 bits per heavy atom. The summed E-state index contributed by atoms with van der Waals surface area (Å²) in [5.41, 5.74) is 0.0856. The smallest absolute Gasteiger partial charge is 0.220 e. The first kappa shape index (κ1) is 11.6. The second kappa shape index (κ2) is 4.01. The van der Waals surface area contributed by atoms with Crippen LogP contribution in [0, 0.1) is 0 Å². The van der Waals surface area contributed by atoms with Crippen LogP contribution in [0.15, 0.2) is 36.5 Å². The van der Waals surface area contributed by atoms with Crippen LogP contribution in [0.25, 0.3) is 17.0 Å². The monoisotopic (exact) mass is 265 g/mol. The summed E-state index contributed by atoms with van der Waals surface area (Å²) in [5.74, 6) is -0.163. The lowest BCUT2D eigenvalue weighted by atomic mass is 10.3. The molecule has 2 heterocycles. The second-order valence-corrected chi connectivity index (χ2v) is 3.73. The minimum Gasteiger partial charge on any atom is -0.220 e. The van der Waals surface area contributed by atoms with Gasteiger partial charge >= 0.3 is 6.18 Å². The maximum absolute atomic E-state index is 12.6. The summed E-state index contributed by atoms with van der Waals surface area (Å²) < 4.78 is 38.9. The van der Waals surface area contributed by atoms with Gasteiger partial charge in [-0.05, 0) is 18.2 Å². The second-order valence-electron chi connectivity index (χ2n) is 3.73. The molecule has 0 saturated heterocycles. The Labute approximate surface area is 104 Å². The molecule has 0 aliphatic heterocycles. The first-order valence-corrected chi connectivity index (χ1v) is 5.27. The lowest BCUT2D eigenvalue weighted by molar-refractivity contribution is -0.141. The molecule has 0 bridgehead atoms. The van der Waals surface area contributed by atoms with Crippen molar-refractivity contribution in [3.8, 4) is 5.95 Å². The Bertz CT molecular complexity index is 734. The summed E-state index contributed by atoms with van der Waals surface area (Å²) in [6.07, 6.45) is -3.48. The molecule has 1 aromatic carbocycles. The van der Waals surface area contributed by atoms with Crippen LogP contribution < -0.4 is 0 Å². The van der Waals surface area contributed by atoms with Crippen molar-refractivity contribution in [2.24, 2.45) is 0 Å². The third-order valence-electron chi connectivity index (χ3n) is 2.47. The lowest BCUT2D eigenvalue weighted by Gasteiger charge is -2.06. The van der Waals surface area contributed by atoms with Crippen molar-refractivity contribution in [1.29, 1.82) is 0 Å². The Balaban J connectivity index is 2.17. The first-order chi connectivity index (χ1) is 9.05. The number of alkyl halides is 3. The zero-order chi connectivity index (χ0) is 13.5. The largest absolute Gasteiger partial charge is 0.433 e. The van der Waals surface area contributed by atoms with Crippen molar-refractivity contribution in [2.45, 2.75) is 6.18 Å². The fraction of sp³-hybridized carbons (Fsp3) is 0.0909. The van der Waals surface area contributed by atoms with Gasteiger partial charge in [-0.3, -0.25) is 0 Å². The summed E-state index contributed by atoms with van der Waals surface area (Å²) in [6, 6.07) is 7.68. The third-order valence-corrected chi connectivity index (χ3v) is 2.47. The minimum absolute atomic E-state index is 0.163. The zero-order valence-corrected chi connectivity index (χ0v) is 9.33. The van der Waals surface area contributed by atoms with E-state index in [0.717, 1.165) is 12.3 Å². The molecule has 0 radical (unpaired) electrons. The molecule has 0 aliphatic carbocycles. The molecule has 0 unspecified atom stereocenters. The van der Waals surface area contributed by atoms with E-state index < -0.39 is 11.9 Å². The molecule has 0 N–H and O–H groups in total. The van der Waals surface area contributed by atoms with E-state index in [-0.39, 0.29) is 5.95 Å². The van der Waals surface area contributed by atoms with E-state index in [9.17, 15) is 13.2 Å². The standard InChI is InChI=1S/C11H6F3N5/c12-11(13,14)9-5-6-15-10(16-9)19-8-4-2-1-3-7(8)17-18-19/h1-6H. The van der Waals surface area contributed by atoms with E-state index >= 15 is 0 Å². The van der Waals surface area contributed by atoms with Gasteiger partial charge in [-0.25, -0.2) is 9.97 Å². The van der Waals surface area contributed by atoms with Crippen LogP contribution in [0.2, 0.25) is 0 Å². The van der Waals surface area contributed by atoms with Crippen molar-refractivity contribution < 1.29 is 13.2 Å². The molecule has 19 heavy (non-hydrogen) atoms. The maximum Gasteiger partial charge on any atom is 0.433 e. The van der Waals surface area contributed by atoms with Gasteiger partial charge < -0.3 is 0 Å². The van der Waals surface area contributed by atoms with Crippen LogP contribution in [0.5, 0.6) is 0 Å². The SMILES string of the molecule is FC(F)(F)c1ccnc(-n2nnc3ccccc32)n1. The Kier molecular flexibility index (Phi) is 2.44. The predicted molar refractivity (Wildman–Crippen MR) is 59.5 cm³/mol. The van der Waals surface area contributed by atoms with Gasteiger partial charge in [0.15, 0.2) is 0 Å². The number of benzene rings is 1. The highest BCUT2D eigenvalue weighted by molar-refractivity contribution is 5.75. The quantitative estimate of drug-likeness (QED) is 0.677. The number of rotatable bonds is 1. The summed E-state index contributed by atoms with van der Waals surface area (Å²) in [4.78, 5) is 7.26. The van der Waals surface area contributed by atoms with Crippen LogP contribution in [0.3, 0.4) is 0 Å². The van der Waals surface area contributed by atoms with Crippen LogP contribution in [0.1, 0.15) is 5.69 Å². The van der Waals surface area contributed by atoms with Gasteiger partial charge in [0.25, 0.3) is 5.95 Å². The van der Waals surface area contributed by atoms with Crippen molar-refractivity contribution in [3.63, 3.8) is 0 Å². The first-order valence-electron chi connectivity index (χ1n) is 5.27. The van der Waals surface area contributed by atoms with E-state index in [2.05, 4.69) is 20.3 Å². The number of para-hydroxylation sites is 1. The molecule has 3 rings (SSSR count). The molecule has 8 heteroatoms. The molecule has 2 aromatic heterocycles. The van der Waals surface area contributed by atoms with Crippen LogP contribution in [0.4, 0.5) is 13.2 Å². The van der Waals surface area contributed by atoms with Crippen molar-refractivity contribution in [3.05, 3.63) is 42.2 Å². The van der Waals surface area contributed by atoms with Gasteiger partial charge in [0.2, 0.25) is 0 Å². The van der Waals surface area contributed by atoms with Crippen LogP contribution in [-0.2, 0) is 6.18 Å². The molecule has 0 aliphatic rings. The molecule has 0 spiro atoms. The summed E-state index contributed by atoms with van der Waals surface area (Å²) in [6.45, 7) is 0. The number of nitrogens with zero attached hydrogens (tertiary/aromatic N) is 5. The highest BCUT2D eigenvalue weighted by Crippen LogP contribution is 2.27. The molecule has 0 fully saturated rings. The normalized spacial score (nSPS) is 11.9. The number of hydrogen-bond acceptors (Lipinski definition) is 4. The van der Waals surface area contributed by atoms with Gasteiger partial charge in [0.1, 0.15) is 11.2 Å². The molecular formula is C11H6F3N5. The van der Waals surface area contributed by atoms with E-state index in [4.69, 9.17) is 0 Å². The summed E-state index contributed by atoms with van der Waals surface area (Å²) >= 11 is 0. The number of hydrogen-bond donors (Lipinski definition) is 0. The average molecular weight is 265 g/mol. The van der Waals surface area contributed by atoms with E-state index in [1.165, 1.54) is 4.68 Å². The maximum atomic E-state index is 12.6. The average Bonchev–Trinajstić information content (AvgIpc) is 2.82. The van der Waals surface area contributed by atoms with Crippen molar-refractivity contribution in [1.82, 2.24) is 25.0 Å². The van der Waals surface area contributed by atoms with Crippen LogP contribution >= 0.6 is 0 Å². The summed E-state index contributed by atoms with van der Waals surface area (Å²) in [7, 11) is 0. The fourth-order valence-electron chi connectivity index (χ4n) is 1.62. The number of fused-ring (bicyclic) bond motifs is 1. The molecule has 96 valence electrons. The van der Waals surface area contributed by atoms with E-state index in [1.807, 2.05) is 0 Å². The molecule has 5 nitrogen and oxygen atoms in total. The molecule has 0 saturated carbocycles. The minimum atomic E-state index is -4.52. The molecule has 3 aromatic rings. The third kappa shape index (κ3) is 2.01. The highest BCUT2D eigenvalue weighted by atomic mass is 19.4. The van der Waals surface area contributed by atoms with E-state index in [1.54, 1.807) is 24.3 Å². The zero-order valence-electron chi connectivity index (χ0n) is 9.33. The Hall–Kier alpha value is -2.51. The van der Waals surface area contributed by atoms with Gasteiger partial charge in [0.05, 0.1) is 5.52 Å². The van der Waals surface area contributed by atoms with Crippen LogP contribution in [-0.4, -0.2) is 25.0 Å². The van der Waals surface area contributed by atoms with Gasteiger partial charge in [-0.15, -0.1) is 5.10 Å². The highest BCUT2D eigenvalue weighted by Gasteiger charge is 2.33. The lowest BCUT2D eigenvalue weighted by Crippen LogP contribution is -2.12. The van der Waals surface area contributed by atoms with E-state index in [0.29, 0.717) is 11.0 Å². The number of aromatic nitrogens is 5. The van der Waals surface area contributed by atoms with Gasteiger partial charge in [-0.1, -0.05) is 17.3 Å². The van der Waals surface area contributed by atoms with Gasteiger partial charge in [0, 0.05) is 6.20 Å². The van der Waals surface area contributed by atoms with Crippen molar-refractivity contribution >= 4 is 11.0 Å². The van der Waals surface area contributed by atoms with Crippen molar-refractivity contribution in [2.75, 3.05) is 0 Å².